The van der Waals surface area contributed by atoms with E-state index in [1.54, 1.807) is 24.8 Å². The number of aromatic nitrogens is 4. The van der Waals surface area contributed by atoms with Crippen LogP contribution in [0.15, 0.2) is 79.6 Å². The summed E-state index contributed by atoms with van der Waals surface area (Å²) in [6, 6.07) is 15.0. The Kier molecular flexibility index (Phi) is 9.05. The van der Waals surface area contributed by atoms with Crippen LogP contribution in [-0.4, -0.2) is 26.1 Å². The number of hydrogen-bond acceptors (Lipinski definition) is 4. The molecule has 2 atom stereocenters. The standard InChI is InChI=1S/C29H37N4P2.C5H5.Fe/c1-27(2,3)20-13-23(28(17-34)21-9-18-8-19(11-21)12-22(28)10-18)24(14-20)29(35,25-15-30-4-6-32-25)26-16-31-5-7-33-26;1-2-4-5-3-1;/h4-7,13-16,18-19,21-22H,8-12,17,34-35H2,1-3H3;1-5H;/q-1;-5;. The molecule has 4 fully saturated rings. The molecule has 4 aliphatic rings. The van der Waals surface area contributed by atoms with E-state index >= 15 is 0 Å². The molecular formula is C34H42FeN4P2-6. The Hall–Kier alpha value is -1.76. The predicted molar refractivity (Wildman–Crippen MR) is 170 cm³/mol. The summed E-state index contributed by atoms with van der Waals surface area (Å²) >= 11 is 0. The van der Waals surface area contributed by atoms with Crippen LogP contribution in [0, 0.1) is 23.7 Å². The molecule has 8 rings (SSSR count). The molecule has 4 saturated carbocycles. The average molecular weight is 625 g/mol. The minimum Gasteiger partial charge on any atom is -0.748 e. The molecule has 0 radical (unpaired) electrons. The number of hydrogen-bond donors (Lipinski definition) is 0. The van der Waals surface area contributed by atoms with Crippen molar-refractivity contribution in [3.05, 3.63) is 108 Å². The van der Waals surface area contributed by atoms with Crippen LogP contribution in [-0.2, 0) is 33.1 Å². The number of nitrogens with zero attached hydrogens (tertiary/aromatic N) is 4. The summed E-state index contributed by atoms with van der Waals surface area (Å²) < 4.78 is 0. The molecule has 4 aliphatic carbocycles. The molecule has 0 N–H and O–H groups in total. The van der Waals surface area contributed by atoms with Crippen LogP contribution in [0.3, 0.4) is 0 Å². The molecule has 7 heteroatoms. The zero-order valence-corrected chi connectivity index (χ0v) is 27.8. The minimum atomic E-state index is -0.608. The van der Waals surface area contributed by atoms with Gasteiger partial charge in [0, 0.05) is 59.4 Å². The van der Waals surface area contributed by atoms with Gasteiger partial charge in [-0.1, -0.05) is 31.6 Å². The van der Waals surface area contributed by atoms with Gasteiger partial charge in [0.15, 0.2) is 0 Å². The molecular weight excluding hydrogens is 582 g/mol. The Labute approximate surface area is 261 Å². The van der Waals surface area contributed by atoms with E-state index in [2.05, 4.69) is 61.4 Å². The van der Waals surface area contributed by atoms with Crippen molar-refractivity contribution >= 4 is 18.5 Å². The quantitative estimate of drug-likeness (QED) is 0.132. The number of rotatable bonds is 5. The molecule has 0 spiro atoms. The van der Waals surface area contributed by atoms with E-state index in [1.807, 2.05) is 42.7 Å². The summed E-state index contributed by atoms with van der Waals surface area (Å²) in [6.45, 7) is 6.99. The van der Waals surface area contributed by atoms with Crippen molar-refractivity contribution in [2.45, 2.75) is 68.9 Å². The van der Waals surface area contributed by atoms with Crippen LogP contribution in [0.2, 0.25) is 0 Å². The van der Waals surface area contributed by atoms with Crippen LogP contribution in [0.1, 0.15) is 81.0 Å². The van der Waals surface area contributed by atoms with Gasteiger partial charge in [0.05, 0.1) is 11.4 Å². The van der Waals surface area contributed by atoms with Crippen LogP contribution in [0.5, 0.6) is 0 Å². The molecule has 0 saturated heterocycles. The predicted octanol–water partition coefficient (Wildman–Crippen LogP) is 7.42. The first-order valence-electron chi connectivity index (χ1n) is 14.8. The molecule has 222 valence electrons. The summed E-state index contributed by atoms with van der Waals surface area (Å²) in [4.78, 5) is 18.7. The molecule has 2 heterocycles. The smallest absolute Gasteiger partial charge is 0.0665 e. The Balaban J connectivity index is 0.000000510. The topological polar surface area (TPSA) is 51.6 Å². The molecule has 4 nitrogen and oxygen atoms in total. The minimum absolute atomic E-state index is 0. The second kappa shape index (κ2) is 12.1. The van der Waals surface area contributed by atoms with E-state index in [9.17, 15) is 0 Å². The van der Waals surface area contributed by atoms with Crippen molar-refractivity contribution in [2.24, 2.45) is 23.7 Å². The third-order valence-corrected chi connectivity index (χ3v) is 11.7. The van der Waals surface area contributed by atoms with Crippen molar-refractivity contribution < 1.29 is 17.1 Å². The Morgan fingerprint density at radius 1 is 0.805 bits per heavy atom. The van der Waals surface area contributed by atoms with Crippen molar-refractivity contribution in [1.29, 1.82) is 0 Å². The monoisotopic (exact) mass is 624 g/mol. The van der Waals surface area contributed by atoms with Gasteiger partial charge < -0.3 is 30.3 Å². The van der Waals surface area contributed by atoms with Gasteiger partial charge in [0.2, 0.25) is 0 Å². The second-order valence-corrected chi connectivity index (χ2v) is 14.6. The summed E-state index contributed by atoms with van der Waals surface area (Å²) in [7, 11) is 6.35. The molecule has 2 aromatic carbocycles. The fourth-order valence-electron chi connectivity index (χ4n) is 8.29. The molecule has 4 bridgehead atoms. The van der Waals surface area contributed by atoms with E-state index in [4.69, 9.17) is 9.97 Å². The summed E-state index contributed by atoms with van der Waals surface area (Å²) in [5.41, 5.74) is 6.29. The van der Waals surface area contributed by atoms with E-state index in [-0.39, 0.29) is 27.9 Å². The first kappa shape index (κ1) is 30.7. The average Bonchev–Trinajstić information content (AvgIpc) is 3.68. The van der Waals surface area contributed by atoms with Crippen molar-refractivity contribution in [2.75, 3.05) is 6.16 Å². The molecule has 2 unspecified atom stereocenters. The fraction of sp³-hybridized carbons (Fsp3) is 0.471. The van der Waals surface area contributed by atoms with E-state index < -0.39 is 5.16 Å². The van der Waals surface area contributed by atoms with Gasteiger partial charge in [-0.05, 0) is 61.9 Å². The van der Waals surface area contributed by atoms with E-state index in [1.165, 1.54) is 48.8 Å². The second-order valence-electron chi connectivity index (χ2n) is 13.3. The molecule has 2 aromatic heterocycles. The molecule has 41 heavy (non-hydrogen) atoms. The van der Waals surface area contributed by atoms with Gasteiger partial charge in [-0.3, -0.25) is 19.9 Å². The third kappa shape index (κ3) is 5.42. The van der Waals surface area contributed by atoms with Crippen LogP contribution in [0.25, 0.3) is 0 Å². The molecule has 0 aliphatic heterocycles. The summed E-state index contributed by atoms with van der Waals surface area (Å²) in [6.07, 6.45) is 19.0. The maximum atomic E-state index is 4.84. The largest absolute Gasteiger partial charge is 0.748 e. The Morgan fingerprint density at radius 3 is 1.68 bits per heavy atom. The van der Waals surface area contributed by atoms with Gasteiger partial charge in [0.25, 0.3) is 0 Å². The maximum absolute atomic E-state index is 4.84. The van der Waals surface area contributed by atoms with Gasteiger partial charge in [-0.2, -0.15) is 28.8 Å². The summed E-state index contributed by atoms with van der Waals surface area (Å²) in [5.74, 6) is 3.37. The van der Waals surface area contributed by atoms with Crippen molar-refractivity contribution in [3.63, 3.8) is 0 Å². The molecule has 4 aromatic rings. The van der Waals surface area contributed by atoms with E-state index in [0.29, 0.717) is 0 Å². The first-order chi connectivity index (χ1) is 19.3. The Bertz CT molecular complexity index is 1310. The van der Waals surface area contributed by atoms with Crippen molar-refractivity contribution in [1.82, 2.24) is 19.9 Å². The first-order valence-corrected chi connectivity index (χ1v) is 16.2. The molecule has 0 amide bonds. The van der Waals surface area contributed by atoms with Gasteiger partial charge in [-0.15, -0.1) is 18.5 Å². The van der Waals surface area contributed by atoms with Crippen molar-refractivity contribution in [3.8, 4) is 0 Å². The van der Waals surface area contributed by atoms with Gasteiger partial charge >= 0.3 is 0 Å². The summed E-state index contributed by atoms with van der Waals surface area (Å²) in [5, 5.41) is -0.608. The normalized spacial score (nSPS) is 26.7. The fourth-order valence-corrected chi connectivity index (χ4v) is 9.72. The van der Waals surface area contributed by atoms with Gasteiger partial charge in [-0.25, -0.2) is 0 Å². The SMILES string of the molecule is CC(C)(C)[c-]1cc(C(P)(c2cnccn2)c2cnccn2)c(C2(CP)C3CC4CC(C3)CC2C4)c1.[Fe].[cH-]1[cH-][cH-][cH-][cH-]1. The zero-order chi connectivity index (χ0) is 28.0. The Morgan fingerprint density at radius 2 is 1.29 bits per heavy atom. The third-order valence-electron chi connectivity index (χ3n) is 10.1. The van der Waals surface area contributed by atoms with Gasteiger partial charge in [0.1, 0.15) is 0 Å². The van der Waals surface area contributed by atoms with Crippen LogP contribution < -0.4 is 0 Å². The zero-order valence-electron chi connectivity index (χ0n) is 24.4. The van der Waals surface area contributed by atoms with E-state index in [0.717, 1.165) is 41.2 Å². The van der Waals surface area contributed by atoms with Crippen LogP contribution in [0.4, 0.5) is 0 Å². The maximum Gasteiger partial charge on any atom is 0.0665 e. The van der Waals surface area contributed by atoms with Crippen LogP contribution >= 0.6 is 18.5 Å².